The van der Waals surface area contributed by atoms with Gasteiger partial charge in [0.05, 0.1) is 6.26 Å². The molecule has 0 aromatic carbocycles. The molecule has 7 nitrogen and oxygen atoms in total. The number of alkyl carbamates (subject to hydrolysis) is 1. The predicted octanol–water partition coefficient (Wildman–Crippen LogP) is 3.01. The first-order valence-corrected chi connectivity index (χ1v) is 7.82. The number of nitrogens with one attached hydrogen (secondary N) is 1. The van der Waals surface area contributed by atoms with Crippen molar-refractivity contribution >= 4 is 12.0 Å². The summed E-state index contributed by atoms with van der Waals surface area (Å²) >= 11 is 0. The van der Waals surface area contributed by atoms with Gasteiger partial charge >= 0.3 is 6.09 Å². The Hall–Kier alpha value is -2.57. The van der Waals surface area contributed by atoms with Crippen LogP contribution in [0.3, 0.4) is 0 Å². The molecule has 130 valence electrons. The predicted molar refractivity (Wildman–Crippen MR) is 92.0 cm³/mol. The van der Waals surface area contributed by atoms with Crippen molar-refractivity contribution in [3.63, 3.8) is 0 Å². The highest BCUT2D eigenvalue weighted by atomic mass is 16.6. The van der Waals surface area contributed by atoms with Gasteiger partial charge in [0.2, 0.25) is 5.95 Å². The average molecular weight is 332 g/mol. The fraction of sp³-hybridized carbons (Fsp3) is 0.471. The molecule has 0 saturated heterocycles. The number of hydrogen-bond donors (Lipinski definition) is 1. The lowest BCUT2D eigenvalue weighted by atomic mass is 10.2. The summed E-state index contributed by atoms with van der Waals surface area (Å²) < 4.78 is 10.6. The van der Waals surface area contributed by atoms with E-state index < -0.39 is 11.7 Å². The summed E-state index contributed by atoms with van der Waals surface area (Å²) in [6, 6.07) is 3.69. The number of rotatable bonds is 5. The van der Waals surface area contributed by atoms with Crippen LogP contribution in [0.1, 0.15) is 26.3 Å². The molecule has 0 radical (unpaired) electrons. The van der Waals surface area contributed by atoms with Gasteiger partial charge in [0.1, 0.15) is 11.3 Å². The van der Waals surface area contributed by atoms with Crippen LogP contribution in [0.25, 0.3) is 11.5 Å². The van der Waals surface area contributed by atoms with E-state index >= 15 is 0 Å². The second-order valence-corrected chi connectivity index (χ2v) is 6.53. The maximum Gasteiger partial charge on any atom is 0.407 e. The van der Waals surface area contributed by atoms with E-state index in [4.69, 9.17) is 9.15 Å². The molecule has 1 N–H and O–H groups in total. The van der Waals surface area contributed by atoms with Crippen molar-refractivity contribution in [1.82, 2.24) is 15.3 Å². The number of amides is 1. The lowest BCUT2D eigenvalue weighted by molar-refractivity contribution is 0.0529. The van der Waals surface area contributed by atoms with E-state index in [9.17, 15) is 4.79 Å². The van der Waals surface area contributed by atoms with E-state index in [0.717, 1.165) is 11.3 Å². The van der Waals surface area contributed by atoms with Crippen LogP contribution in [0.2, 0.25) is 0 Å². The minimum absolute atomic E-state index is 0.429. The zero-order valence-electron chi connectivity index (χ0n) is 14.8. The van der Waals surface area contributed by atoms with Crippen LogP contribution in [-0.2, 0) is 4.74 Å². The Morgan fingerprint density at radius 3 is 2.79 bits per heavy atom. The van der Waals surface area contributed by atoms with E-state index in [2.05, 4.69) is 15.3 Å². The molecular formula is C17H24N4O3. The summed E-state index contributed by atoms with van der Waals surface area (Å²) in [6.45, 7) is 8.41. The Kier molecular flexibility index (Phi) is 5.43. The molecule has 0 aliphatic rings. The fourth-order valence-electron chi connectivity index (χ4n) is 2.02. The molecule has 7 heteroatoms. The van der Waals surface area contributed by atoms with Gasteiger partial charge < -0.3 is 19.4 Å². The van der Waals surface area contributed by atoms with Crippen molar-refractivity contribution < 1.29 is 13.9 Å². The summed E-state index contributed by atoms with van der Waals surface area (Å²) in [6.07, 6.45) is 2.94. The minimum atomic E-state index is -0.506. The third-order valence-corrected chi connectivity index (χ3v) is 3.17. The second kappa shape index (κ2) is 7.33. The fourth-order valence-corrected chi connectivity index (χ4v) is 2.02. The number of carbonyl (C=O) groups is 1. The molecule has 2 aromatic heterocycles. The van der Waals surface area contributed by atoms with Crippen LogP contribution in [0.5, 0.6) is 0 Å². The van der Waals surface area contributed by atoms with Crippen LogP contribution in [0.15, 0.2) is 29.0 Å². The number of anilines is 1. The van der Waals surface area contributed by atoms with E-state index in [1.165, 1.54) is 0 Å². The zero-order valence-corrected chi connectivity index (χ0v) is 14.8. The molecule has 0 atom stereocenters. The summed E-state index contributed by atoms with van der Waals surface area (Å²) in [5.74, 6) is 1.27. The van der Waals surface area contributed by atoms with Gasteiger partial charge in [0, 0.05) is 26.3 Å². The molecule has 0 bridgehead atoms. The molecule has 2 rings (SSSR count). The zero-order chi connectivity index (χ0) is 17.7. The molecule has 0 saturated carbocycles. The maximum absolute atomic E-state index is 11.6. The molecule has 0 spiro atoms. The van der Waals surface area contributed by atoms with Crippen molar-refractivity contribution in [1.29, 1.82) is 0 Å². The molecule has 0 aliphatic carbocycles. The normalized spacial score (nSPS) is 11.2. The highest BCUT2D eigenvalue weighted by molar-refractivity contribution is 5.67. The Morgan fingerprint density at radius 1 is 1.42 bits per heavy atom. The Morgan fingerprint density at radius 2 is 2.17 bits per heavy atom. The number of furan rings is 1. The average Bonchev–Trinajstić information content (AvgIpc) is 2.99. The molecule has 0 unspecified atom stereocenters. The van der Waals surface area contributed by atoms with Crippen molar-refractivity contribution in [2.45, 2.75) is 33.3 Å². The molecular weight excluding hydrogens is 308 g/mol. The molecule has 0 fully saturated rings. The SMILES string of the molecule is Cc1cnc(N(C)CCNC(=O)OC(C)(C)C)nc1-c1ccco1. The molecule has 1 amide bonds. The smallest absolute Gasteiger partial charge is 0.407 e. The molecule has 2 heterocycles. The van der Waals surface area contributed by atoms with Gasteiger partial charge in [-0.05, 0) is 45.4 Å². The number of ether oxygens (including phenoxy) is 1. The van der Waals surface area contributed by atoms with Gasteiger partial charge in [0.25, 0.3) is 0 Å². The number of nitrogens with zero attached hydrogens (tertiary/aromatic N) is 3. The number of aryl methyl sites for hydroxylation is 1. The van der Waals surface area contributed by atoms with E-state index in [1.807, 2.05) is 51.8 Å². The van der Waals surface area contributed by atoms with Gasteiger partial charge in [-0.15, -0.1) is 0 Å². The van der Waals surface area contributed by atoms with Crippen molar-refractivity contribution in [2.24, 2.45) is 0 Å². The first-order chi connectivity index (χ1) is 11.3. The largest absolute Gasteiger partial charge is 0.463 e. The highest BCUT2D eigenvalue weighted by Crippen LogP contribution is 2.22. The number of carbonyl (C=O) groups excluding carboxylic acids is 1. The first-order valence-electron chi connectivity index (χ1n) is 7.82. The summed E-state index contributed by atoms with van der Waals surface area (Å²) in [5, 5.41) is 2.72. The third-order valence-electron chi connectivity index (χ3n) is 3.17. The minimum Gasteiger partial charge on any atom is -0.463 e. The number of hydrogen-bond acceptors (Lipinski definition) is 6. The first kappa shape index (κ1) is 17.8. The molecule has 24 heavy (non-hydrogen) atoms. The van der Waals surface area contributed by atoms with Crippen molar-refractivity contribution in [3.8, 4) is 11.5 Å². The summed E-state index contributed by atoms with van der Waals surface area (Å²) in [7, 11) is 1.87. The lowest BCUT2D eigenvalue weighted by Crippen LogP contribution is -2.37. The Bertz CT molecular complexity index is 678. The quantitative estimate of drug-likeness (QED) is 0.906. The van der Waals surface area contributed by atoms with Crippen LogP contribution >= 0.6 is 0 Å². The van der Waals surface area contributed by atoms with Gasteiger partial charge in [-0.2, -0.15) is 0 Å². The lowest BCUT2D eigenvalue weighted by Gasteiger charge is -2.21. The van der Waals surface area contributed by atoms with Crippen molar-refractivity contribution in [3.05, 3.63) is 30.2 Å². The third kappa shape index (κ3) is 4.97. The maximum atomic E-state index is 11.6. The number of likely N-dealkylation sites (N-methyl/N-ethyl adjacent to an activating group) is 1. The van der Waals surface area contributed by atoms with Crippen molar-refractivity contribution in [2.75, 3.05) is 25.0 Å². The van der Waals surface area contributed by atoms with E-state index in [0.29, 0.717) is 24.8 Å². The van der Waals surface area contributed by atoms with Gasteiger partial charge in [0.15, 0.2) is 5.76 Å². The van der Waals surface area contributed by atoms with E-state index in [-0.39, 0.29) is 0 Å². The molecule has 2 aromatic rings. The second-order valence-electron chi connectivity index (χ2n) is 6.53. The monoisotopic (exact) mass is 332 g/mol. The van der Waals surface area contributed by atoms with Crippen LogP contribution in [0, 0.1) is 6.92 Å². The number of aromatic nitrogens is 2. The van der Waals surface area contributed by atoms with Crippen LogP contribution in [-0.4, -0.2) is 41.8 Å². The Labute approximate surface area is 142 Å². The van der Waals surface area contributed by atoms with Gasteiger partial charge in [-0.25, -0.2) is 14.8 Å². The summed E-state index contributed by atoms with van der Waals surface area (Å²) in [4.78, 5) is 22.4. The molecule has 0 aliphatic heterocycles. The van der Waals surface area contributed by atoms with Gasteiger partial charge in [-0.1, -0.05) is 0 Å². The van der Waals surface area contributed by atoms with E-state index in [1.54, 1.807) is 12.5 Å². The van der Waals surface area contributed by atoms with Gasteiger partial charge in [-0.3, -0.25) is 0 Å². The highest BCUT2D eigenvalue weighted by Gasteiger charge is 2.16. The van der Waals surface area contributed by atoms with Crippen LogP contribution < -0.4 is 10.2 Å². The standard InChI is InChI=1S/C17H24N4O3/c1-12-11-19-15(20-14(12)13-7-6-10-23-13)21(5)9-8-18-16(22)24-17(2,3)4/h6-7,10-11H,8-9H2,1-5H3,(H,18,22). The Balaban J connectivity index is 1.94. The summed E-state index contributed by atoms with van der Waals surface area (Å²) in [5.41, 5.74) is 1.19. The van der Waals surface area contributed by atoms with Crippen LogP contribution in [0.4, 0.5) is 10.7 Å². The topological polar surface area (TPSA) is 80.5 Å².